The van der Waals surface area contributed by atoms with Gasteiger partial charge in [0.2, 0.25) is 0 Å². The van der Waals surface area contributed by atoms with E-state index in [1.54, 1.807) is 0 Å². The van der Waals surface area contributed by atoms with Crippen LogP contribution in [0, 0.1) is 11.8 Å². The van der Waals surface area contributed by atoms with Crippen LogP contribution in [0.15, 0.2) is 0 Å². The maximum atomic E-state index is 12.8. The van der Waals surface area contributed by atoms with Gasteiger partial charge in [-0.25, -0.2) is 0 Å². The molecule has 0 saturated heterocycles. The highest BCUT2D eigenvalue weighted by atomic mass is 16.5. The molecule has 1 rings (SSSR count). The van der Waals surface area contributed by atoms with Crippen molar-refractivity contribution in [2.75, 3.05) is 19.7 Å². The van der Waals surface area contributed by atoms with Crippen molar-refractivity contribution in [3.05, 3.63) is 0 Å². The molecule has 1 N–H and O–H groups in total. The fraction of sp³-hybridized carbons (Fsp3) is 0.913. The molecule has 0 spiro atoms. The Kier molecular flexibility index (Phi) is 33.9. The number of hydrogen-bond donors (Lipinski definition) is 1. The van der Waals surface area contributed by atoms with Crippen molar-refractivity contribution in [2.45, 2.75) is 251 Å². The first kappa shape index (κ1) is 48.4. The Morgan fingerprint density at radius 1 is 0.577 bits per heavy atom. The fourth-order valence-corrected chi connectivity index (χ4v) is 7.24. The second kappa shape index (κ2) is 36.4. The van der Waals surface area contributed by atoms with Crippen LogP contribution in [0.25, 0.3) is 0 Å². The Labute approximate surface area is 322 Å². The van der Waals surface area contributed by atoms with E-state index < -0.39 is 0 Å². The molecule has 0 aliphatic heterocycles. The van der Waals surface area contributed by atoms with Gasteiger partial charge in [0.15, 0.2) is 0 Å². The van der Waals surface area contributed by atoms with Gasteiger partial charge in [0.25, 0.3) is 0 Å². The lowest BCUT2D eigenvalue weighted by Crippen LogP contribution is -2.47. The Bertz CT molecular complexity index is 860. The third kappa shape index (κ3) is 29.8. The summed E-state index contributed by atoms with van der Waals surface area (Å²) in [5, 5.41) is 9.93. The third-order valence-electron chi connectivity index (χ3n) is 10.8. The monoisotopic (exact) mass is 732 g/mol. The molecule has 0 bridgehead atoms. The molecule has 0 radical (unpaired) electrons. The van der Waals surface area contributed by atoms with Crippen LogP contribution in [0.4, 0.5) is 0 Å². The van der Waals surface area contributed by atoms with Gasteiger partial charge in [0, 0.05) is 31.7 Å². The molecule has 0 aromatic rings. The lowest BCUT2D eigenvalue weighted by molar-refractivity contribution is -0.150. The van der Waals surface area contributed by atoms with Crippen molar-refractivity contribution < 1.29 is 24.2 Å². The van der Waals surface area contributed by atoms with Crippen LogP contribution < -0.4 is 0 Å². The van der Waals surface area contributed by atoms with E-state index in [4.69, 9.17) is 9.47 Å². The lowest BCUT2D eigenvalue weighted by Gasteiger charge is -2.41. The standard InChI is InChI=1S/C46H85NO5/c1-4-7-10-13-16-25-32-39-51-45(49)35-28-21-17-23-30-37-47(42-40-43(48)41-42)38-31-24-18-22-29-36-46(50)52-44(33-26-19-14-11-8-5-2)34-27-20-15-12-9-6-3/h42-44,48H,4-12,14-15,17-41H2,1-3H3. The second-order valence-corrected chi connectivity index (χ2v) is 15.9. The van der Waals surface area contributed by atoms with Gasteiger partial charge >= 0.3 is 11.9 Å². The number of carbonyl (C=O) groups excluding carboxylic acids is 2. The van der Waals surface area contributed by atoms with E-state index in [0.29, 0.717) is 25.5 Å². The summed E-state index contributed by atoms with van der Waals surface area (Å²) in [6.07, 6.45) is 36.4. The molecule has 1 fully saturated rings. The highest BCUT2D eigenvalue weighted by Gasteiger charge is 2.31. The number of ether oxygens (including phenoxy) is 2. The molecular weight excluding hydrogens is 647 g/mol. The SMILES string of the molecule is CCCCC#CCCCOC(=O)CCCCCCCN(CCCCCCCC(=O)OC(CCCCCCCC)CCCCCCCC)C1CC(O)C1. The molecule has 0 unspecified atom stereocenters. The highest BCUT2D eigenvalue weighted by molar-refractivity contribution is 5.69. The summed E-state index contributed by atoms with van der Waals surface area (Å²) in [5.74, 6) is 6.30. The number of carbonyl (C=O) groups is 2. The van der Waals surface area contributed by atoms with Crippen molar-refractivity contribution in [3.8, 4) is 11.8 Å². The molecule has 0 aromatic heterocycles. The van der Waals surface area contributed by atoms with Gasteiger partial charge in [-0.15, -0.1) is 11.8 Å². The number of rotatable bonds is 37. The summed E-state index contributed by atoms with van der Waals surface area (Å²) >= 11 is 0. The molecule has 52 heavy (non-hydrogen) atoms. The van der Waals surface area contributed by atoms with Crippen LogP contribution >= 0.6 is 0 Å². The number of nitrogens with zero attached hydrogens (tertiary/aromatic N) is 1. The minimum Gasteiger partial charge on any atom is -0.466 e. The Hall–Kier alpha value is -1.58. The first-order valence-corrected chi connectivity index (χ1v) is 22.7. The maximum Gasteiger partial charge on any atom is 0.306 e. The van der Waals surface area contributed by atoms with Gasteiger partial charge in [-0.1, -0.05) is 130 Å². The normalized spacial score (nSPS) is 15.4. The van der Waals surface area contributed by atoms with Crippen LogP contribution in [-0.2, 0) is 19.1 Å². The maximum absolute atomic E-state index is 12.8. The molecular formula is C46H85NO5. The smallest absolute Gasteiger partial charge is 0.306 e. The van der Waals surface area contributed by atoms with Gasteiger partial charge in [0.1, 0.15) is 6.10 Å². The fourth-order valence-electron chi connectivity index (χ4n) is 7.24. The average Bonchev–Trinajstić information content (AvgIpc) is 3.12. The third-order valence-corrected chi connectivity index (χ3v) is 10.8. The number of aliphatic hydroxyl groups is 1. The number of aliphatic hydroxyl groups excluding tert-OH is 1. The molecule has 1 aliphatic carbocycles. The summed E-state index contributed by atoms with van der Waals surface area (Å²) in [5.41, 5.74) is 0. The van der Waals surface area contributed by atoms with Crippen molar-refractivity contribution in [2.24, 2.45) is 0 Å². The van der Waals surface area contributed by atoms with Gasteiger partial charge in [-0.2, -0.15) is 0 Å². The van der Waals surface area contributed by atoms with E-state index in [9.17, 15) is 14.7 Å². The first-order valence-electron chi connectivity index (χ1n) is 22.7. The van der Waals surface area contributed by atoms with E-state index >= 15 is 0 Å². The van der Waals surface area contributed by atoms with Gasteiger partial charge in [-0.05, 0) is 90.1 Å². The van der Waals surface area contributed by atoms with Crippen LogP contribution in [0.5, 0.6) is 0 Å². The first-order chi connectivity index (χ1) is 25.5. The molecule has 1 aliphatic rings. The highest BCUT2D eigenvalue weighted by Crippen LogP contribution is 2.27. The van der Waals surface area contributed by atoms with Crippen LogP contribution in [0.3, 0.4) is 0 Å². The number of esters is 2. The Morgan fingerprint density at radius 2 is 1.02 bits per heavy atom. The summed E-state index contributed by atoms with van der Waals surface area (Å²) < 4.78 is 11.4. The largest absolute Gasteiger partial charge is 0.466 e. The number of hydrogen-bond acceptors (Lipinski definition) is 6. The minimum atomic E-state index is -0.123. The zero-order valence-corrected chi connectivity index (χ0v) is 34.7. The van der Waals surface area contributed by atoms with Crippen molar-refractivity contribution in [1.82, 2.24) is 4.90 Å². The zero-order chi connectivity index (χ0) is 37.7. The van der Waals surface area contributed by atoms with Gasteiger partial charge in [-0.3, -0.25) is 9.59 Å². The predicted octanol–water partition coefficient (Wildman–Crippen LogP) is 12.4. The summed E-state index contributed by atoms with van der Waals surface area (Å²) in [7, 11) is 0. The molecule has 1 saturated carbocycles. The quantitative estimate of drug-likeness (QED) is 0.0389. The molecule has 6 nitrogen and oxygen atoms in total. The molecule has 6 heteroatoms. The van der Waals surface area contributed by atoms with Crippen molar-refractivity contribution >= 4 is 11.9 Å². The van der Waals surface area contributed by atoms with Gasteiger partial charge < -0.3 is 19.5 Å². The molecule has 0 aromatic carbocycles. The molecule has 0 amide bonds. The topological polar surface area (TPSA) is 76.1 Å². The predicted molar refractivity (Wildman–Crippen MR) is 219 cm³/mol. The molecule has 0 heterocycles. The Balaban J connectivity index is 2.17. The van der Waals surface area contributed by atoms with Crippen molar-refractivity contribution in [1.29, 1.82) is 0 Å². The molecule has 0 atom stereocenters. The molecule has 304 valence electrons. The van der Waals surface area contributed by atoms with E-state index in [2.05, 4.69) is 37.5 Å². The Morgan fingerprint density at radius 3 is 1.54 bits per heavy atom. The van der Waals surface area contributed by atoms with E-state index in [-0.39, 0.29) is 24.1 Å². The van der Waals surface area contributed by atoms with E-state index in [0.717, 1.165) is 96.6 Å². The summed E-state index contributed by atoms with van der Waals surface area (Å²) in [6.45, 7) is 9.39. The zero-order valence-electron chi connectivity index (χ0n) is 34.7. The summed E-state index contributed by atoms with van der Waals surface area (Å²) in [4.78, 5) is 27.4. The lowest BCUT2D eigenvalue weighted by atomic mass is 9.87. The minimum absolute atomic E-state index is 0.0196. The van der Waals surface area contributed by atoms with E-state index in [1.807, 2.05) is 0 Å². The summed E-state index contributed by atoms with van der Waals surface area (Å²) in [6, 6.07) is 0.530. The second-order valence-electron chi connectivity index (χ2n) is 15.9. The van der Waals surface area contributed by atoms with E-state index in [1.165, 1.54) is 116 Å². The van der Waals surface area contributed by atoms with Crippen LogP contribution in [0.2, 0.25) is 0 Å². The van der Waals surface area contributed by atoms with Gasteiger partial charge in [0.05, 0.1) is 12.7 Å². The van der Waals surface area contributed by atoms with Crippen LogP contribution in [-0.4, -0.2) is 59.9 Å². The number of unbranched alkanes of at least 4 members (excludes halogenated alkanes) is 21. The van der Waals surface area contributed by atoms with Crippen LogP contribution in [0.1, 0.15) is 233 Å². The average molecular weight is 732 g/mol. The van der Waals surface area contributed by atoms with Crippen molar-refractivity contribution in [3.63, 3.8) is 0 Å².